The van der Waals surface area contributed by atoms with Crippen molar-refractivity contribution in [1.29, 1.82) is 0 Å². The van der Waals surface area contributed by atoms with E-state index in [1.807, 2.05) is 56.3 Å². The Morgan fingerprint density at radius 3 is 2.31 bits per heavy atom. The summed E-state index contributed by atoms with van der Waals surface area (Å²) in [6, 6.07) is 11.9. The van der Waals surface area contributed by atoms with E-state index in [1.54, 1.807) is 6.07 Å². The average molecular weight is 412 g/mol. The Hall–Kier alpha value is -2.46. The Kier molecular flexibility index (Phi) is 5.07. The van der Waals surface area contributed by atoms with Gasteiger partial charge in [0, 0.05) is 30.4 Å². The maximum Gasteiger partial charge on any atom is 0.343 e. The highest BCUT2D eigenvalue weighted by Crippen LogP contribution is 2.46. The third kappa shape index (κ3) is 3.40. The van der Waals surface area contributed by atoms with E-state index in [9.17, 15) is 9.90 Å². The van der Waals surface area contributed by atoms with Crippen LogP contribution in [0, 0.1) is 6.92 Å². The zero-order valence-electron chi connectivity index (χ0n) is 17.1. The Balaban J connectivity index is 1.75. The number of rotatable bonds is 3. The van der Waals surface area contributed by atoms with Crippen LogP contribution in [0.25, 0.3) is 16.7 Å². The van der Waals surface area contributed by atoms with Gasteiger partial charge in [0.05, 0.1) is 0 Å². The van der Waals surface area contributed by atoms with E-state index in [0.717, 1.165) is 41.6 Å². The lowest BCUT2D eigenvalue weighted by Gasteiger charge is -2.31. The van der Waals surface area contributed by atoms with E-state index < -0.39 is 11.6 Å². The number of anilines is 1. The molecule has 0 unspecified atom stereocenters. The van der Waals surface area contributed by atoms with Crippen molar-refractivity contribution in [3.8, 4) is 11.1 Å². The second kappa shape index (κ2) is 7.42. The molecule has 1 spiro atoms. The summed E-state index contributed by atoms with van der Waals surface area (Å²) in [6.07, 6.45) is 4.36. The lowest BCUT2D eigenvalue weighted by atomic mass is 9.82. The predicted octanol–water partition coefficient (Wildman–Crippen LogP) is 5.91. The number of aryl methyl sites for hydroxylation is 1. The highest BCUT2D eigenvalue weighted by atomic mass is 35.5. The van der Waals surface area contributed by atoms with Crippen LogP contribution in [-0.4, -0.2) is 30.8 Å². The van der Waals surface area contributed by atoms with Gasteiger partial charge in [-0.15, -0.1) is 0 Å². The molecule has 0 aromatic heterocycles. The molecule has 2 aliphatic rings. The first-order valence-corrected chi connectivity index (χ1v) is 10.5. The first-order chi connectivity index (χ1) is 13.8. The molecule has 2 aromatic rings. The lowest BCUT2D eigenvalue weighted by Crippen LogP contribution is -2.34. The Morgan fingerprint density at radius 2 is 1.69 bits per heavy atom. The maximum absolute atomic E-state index is 12.7. The zero-order chi connectivity index (χ0) is 20.8. The molecule has 1 saturated carbocycles. The lowest BCUT2D eigenvalue weighted by molar-refractivity contribution is -0.149. The van der Waals surface area contributed by atoms with Gasteiger partial charge in [0.25, 0.3) is 0 Å². The van der Waals surface area contributed by atoms with Crippen molar-refractivity contribution in [2.45, 2.75) is 44.6 Å². The molecule has 0 atom stereocenters. The minimum atomic E-state index is -0.843. The molecule has 4 nitrogen and oxygen atoms in total. The second-order valence-electron chi connectivity index (χ2n) is 8.26. The fourth-order valence-electron chi connectivity index (χ4n) is 4.41. The number of esters is 1. The van der Waals surface area contributed by atoms with E-state index in [0.29, 0.717) is 23.4 Å². The average Bonchev–Trinajstić information content (AvgIpc) is 2.93. The summed E-state index contributed by atoms with van der Waals surface area (Å²) in [4.78, 5) is 14.7. The van der Waals surface area contributed by atoms with Crippen LogP contribution < -0.4 is 4.90 Å². The normalized spacial score (nSPS) is 18.3. The van der Waals surface area contributed by atoms with Crippen LogP contribution in [0.2, 0.25) is 5.02 Å². The second-order valence-corrected chi connectivity index (χ2v) is 8.66. The van der Waals surface area contributed by atoms with Gasteiger partial charge >= 0.3 is 5.97 Å². The molecule has 1 aliphatic heterocycles. The first-order valence-electron chi connectivity index (χ1n) is 10.1. The molecule has 4 rings (SSSR count). The number of benzene rings is 2. The van der Waals surface area contributed by atoms with E-state index in [1.165, 1.54) is 0 Å². The number of hydrogen-bond donors (Lipinski definition) is 1. The number of aliphatic hydroxyl groups is 1. The summed E-state index contributed by atoms with van der Waals surface area (Å²) < 4.78 is 5.70. The summed E-state index contributed by atoms with van der Waals surface area (Å²) in [5.41, 5.74) is 3.97. The molecular formula is C24H26ClNO3. The van der Waals surface area contributed by atoms with Gasteiger partial charge in [0.2, 0.25) is 0 Å². The first kappa shape index (κ1) is 19.8. The molecular weight excluding hydrogens is 386 g/mol. The topological polar surface area (TPSA) is 49.8 Å². The van der Waals surface area contributed by atoms with Crippen LogP contribution in [0.4, 0.5) is 5.69 Å². The van der Waals surface area contributed by atoms with Gasteiger partial charge in [-0.3, -0.25) is 0 Å². The maximum atomic E-state index is 12.7. The van der Waals surface area contributed by atoms with Crippen molar-refractivity contribution < 1.29 is 14.6 Å². The third-order valence-electron chi connectivity index (χ3n) is 6.10. The smallest absolute Gasteiger partial charge is 0.343 e. The van der Waals surface area contributed by atoms with Crippen LogP contribution in [-0.2, 0) is 9.53 Å². The largest absolute Gasteiger partial charge is 0.507 e. The predicted molar refractivity (Wildman–Crippen MR) is 117 cm³/mol. The fraction of sp³-hybridized carbons (Fsp3) is 0.375. The summed E-state index contributed by atoms with van der Waals surface area (Å²) in [5.74, 6) is -0.379. The van der Waals surface area contributed by atoms with E-state index in [2.05, 4.69) is 0 Å². The van der Waals surface area contributed by atoms with Crippen LogP contribution in [0.1, 0.15) is 43.2 Å². The number of nitrogens with zero attached hydrogens (tertiary/aromatic N) is 1. The van der Waals surface area contributed by atoms with Gasteiger partial charge in [-0.2, -0.15) is 0 Å². The molecule has 29 heavy (non-hydrogen) atoms. The summed E-state index contributed by atoms with van der Waals surface area (Å²) in [7, 11) is 4.00. The molecule has 0 amide bonds. The van der Waals surface area contributed by atoms with Crippen molar-refractivity contribution >= 4 is 28.8 Å². The molecule has 1 heterocycles. The number of aliphatic hydroxyl groups excluding tert-OH is 1. The van der Waals surface area contributed by atoms with Gasteiger partial charge in [-0.05, 0) is 73.6 Å². The van der Waals surface area contributed by atoms with Crippen LogP contribution >= 0.6 is 11.6 Å². The van der Waals surface area contributed by atoms with Gasteiger partial charge in [-0.25, -0.2) is 4.79 Å². The highest BCUT2D eigenvalue weighted by Gasteiger charge is 2.49. The number of halogens is 1. The highest BCUT2D eigenvalue weighted by molar-refractivity contribution is 6.34. The number of ether oxygens (including phenoxy) is 1. The van der Waals surface area contributed by atoms with Gasteiger partial charge in [0.15, 0.2) is 11.4 Å². The SMILES string of the molecule is Cc1cc(-c2ccc(N(C)C)cc2)c(Cl)cc1C1=C(O)C2(CCCCC2)OC1=O. The molecule has 152 valence electrons. The summed E-state index contributed by atoms with van der Waals surface area (Å²) in [6.45, 7) is 1.93. The van der Waals surface area contributed by atoms with Crippen molar-refractivity contribution in [2.75, 3.05) is 19.0 Å². The van der Waals surface area contributed by atoms with Gasteiger partial charge < -0.3 is 14.7 Å². The van der Waals surface area contributed by atoms with Crippen molar-refractivity contribution in [1.82, 2.24) is 0 Å². The van der Waals surface area contributed by atoms with Crippen molar-refractivity contribution in [2.24, 2.45) is 0 Å². The summed E-state index contributed by atoms with van der Waals surface area (Å²) >= 11 is 6.62. The standard InChI is InChI=1S/C24H26ClNO3/c1-15-13-19(16-7-9-17(10-8-16)26(2)3)20(25)14-18(15)21-22(27)24(29-23(21)28)11-5-4-6-12-24/h7-10,13-14,27H,4-6,11-12H2,1-3H3. The Labute approximate surface area is 176 Å². The Bertz CT molecular complexity index is 986. The molecule has 5 heteroatoms. The number of carbonyl (C=O) groups is 1. The van der Waals surface area contributed by atoms with E-state index in [-0.39, 0.29) is 11.3 Å². The minimum absolute atomic E-state index is 0.0736. The molecule has 0 bridgehead atoms. The molecule has 1 fully saturated rings. The van der Waals surface area contributed by atoms with Crippen molar-refractivity contribution in [3.63, 3.8) is 0 Å². The summed E-state index contributed by atoms with van der Waals surface area (Å²) in [5, 5.41) is 11.5. The van der Waals surface area contributed by atoms with Gasteiger partial charge in [0.1, 0.15) is 5.57 Å². The molecule has 1 aliphatic carbocycles. The van der Waals surface area contributed by atoms with Crippen LogP contribution in [0.3, 0.4) is 0 Å². The Morgan fingerprint density at radius 1 is 1.03 bits per heavy atom. The minimum Gasteiger partial charge on any atom is -0.507 e. The number of hydrogen-bond acceptors (Lipinski definition) is 4. The fourth-order valence-corrected chi connectivity index (χ4v) is 4.68. The monoisotopic (exact) mass is 411 g/mol. The molecule has 0 saturated heterocycles. The van der Waals surface area contributed by atoms with E-state index >= 15 is 0 Å². The molecule has 0 radical (unpaired) electrons. The molecule has 2 aromatic carbocycles. The quantitative estimate of drug-likeness (QED) is 0.638. The van der Waals surface area contributed by atoms with Crippen LogP contribution in [0.15, 0.2) is 42.2 Å². The van der Waals surface area contributed by atoms with Crippen LogP contribution in [0.5, 0.6) is 0 Å². The van der Waals surface area contributed by atoms with Crippen molar-refractivity contribution in [3.05, 3.63) is 58.3 Å². The third-order valence-corrected chi connectivity index (χ3v) is 6.41. The van der Waals surface area contributed by atoms with Gasteiger partial charge in [-0.1, -0.05) is 30.2 Å². The number of carbonyl (C=O) groups excluding carboxylic acids is 1. The molecule has 1 N–H and O–H groups in total. The zero-order valence-corrected chi connectivity index (χ0v) is 17.8. The van der Waals surface area contributed by atoms with E-state index in [4.69, 9.17) is 16.3 Å².